The van der Waals surface area contributed by atoms with Gasteiger partial charge in [-0.3, -0.25) is 9.59 Å². The lowest BCUT2D eigenvalue weighted by Gasteiger charge is -2.06. The summed E-state index contributed by atoms with van der Waals surface area (Å²) in [5.74, 6) is -1.37. The lowest BCUT2D eigenvalue weighted by Crippen LogP contribution is -2.07. The van der Waals surface area contributed by atoms with Gasteiger partial charge in [-0.25, -0.2) is 0 Å². The zero-order valence-electron chi connectivity index (χ0n) is 15.0. The van der Waals surface area contributed by atoms with Crippen LogP contribution in [0.2, 0.25) is 10.0 Å². The van der Waals surface area contributed by atoms with Crippen molar-refractivity contribution in [1.29, 1.82) is 0 Å². The van der Waals surface area contributed by atoms with Crippen molar-refractivity contribution in [1.82, 2.24) is 0 Å². The zero-order valence-corrected chi connectivity index (χ0v) is 16.5. The topological polar surface area (TPSA) is 67.5 Å². The molecule has 1 N–H and O–H groups in total. The first-order valence-corrected chi connectivity index (χ1v) is 9.52. The summed E-state index contributed by atoms with van der Waals surface area (Å²) in [6, 6.07) is 19.2. The third kappa shape index (κ3) is 3.77. The van der Waals surface area contributed by atoms with Gasteiger partial charge in [-0.15, -0.1) is 0 Å². The minimum Gasteiger partial charge on any atom is -0.481 e. The molecule has 1 aromatic heterocycles. The van der Waals surface area contributed by atoms with Crippen molar-refractivity contribution in [2.75, 3.05) is 0 Å². The summed E-state index contributed by atoms with van der Waals surface area (Å²) in [4.78, 5) is 24.5. The number of fused-ring (bicyclic) bond motifs is 1. The van der Waals surface area contributed by atoms with Crippen molar-refractivity contribution in [2.24, 2.45) is 0 Å². The molecule has 3 aromatic carbocycles. The second-order valence-electron chi connectivity index (χ2n) is 6.52. The summed E-state index contributed by atoms with van der Waals surface area (Å²) in [5, 5.41) is 10.8. The molecule has 0 saturated heterocycles. The van der Waals surface area contributed by atoms with Gasteiger partial charge in [0.1, 0.15) is 5.58 Å². The molecule has 6 heteroatoms. The van der Waals surface area contributed by atoms with Crippen LogP contribution in [0.25, 0.3) is 22.1 Å². The van der Waals surface area contributed by atoms with Crippen LogP contribution in [0.5, 0.6) is 0 Å². The zero-order chi connectivity index (χ0) is 20.5. The van der Waals surface area contributed by atoms with Gasteiger partial charge in [-0.1, -0.05) is 65.7 Å². The molecule has 0 bridgehead atoms. The summed E-state index contributed by atoms with van der Waals surface area (Å²) in [6.07, 6.45) is -0.301. The van der Waals surface area contributed by atoms with Gasteiger partial charge in [0.25, 0.3) is 0 Å². The second kappa shape index (κ2) is 7.74. The van der Waals surface area contributed by atoms with E-state index in [0.29, 0.717) is 32.1 Å². The number of furan rings is 1. The Bertz CT molecular complexity index is 1260. The van der Waals surface area contributed by atoms with E-state index in [1.807, 2.05) is 12.1 Å². The maximum absolute atomic E-state index is 13.2. The van der Waals surface area contributed by atoms with Crippen LogP contribution in [-0.2, 0) is 11.2 Å². The van der Waals surface area contributed by atoms with Crippen LogP contribution in [0.4, 0.5) is 0 Å². The largest absolute Gasteiger partial charge is 0.481 e. The highest BCUT2D eigenvalue weighted by Gasteiger charge is 2.23. The maximum Gasteiger partial charge on any atom is 0.307 e. The molecule has 0 aliphatic carbocycles. The summed E-state index contributed by atoms with van der Waals surface area (Å²) in [6.45, 7) is 0. The normalized spacial score (nSPS) is 11.0. The third-order valence-corrected chi connectivity index (χ3v) is 5.35. The van der Waals surface area contributed by atoms with Crippen LogP contribution in [0, 0.1) is 0 Å². The fraction of sp³-hybridized carbons (Fsp3) is 0.0435. The van der Waals surface area contributed by atoms with Crippen molar-refractivity contribution in [3.05, 3.63) is 93.7 Å². The van der Waals surface area contributed by atoms with Crippen molar-refractivity contribution in [2.45, 2.75) is 6.42 Å². The molecule has 0 atom stereocenters. The van der Waals surface area contributed by atoms with Gasteiger partial charge in [-0.05, 0) is 35.4 Å². The number of carboxylic acids is 1. The van der Waals surface area contributed by atoms with E-state index in [4.69, 9.17) is 27.6 Å². The highest BCUT2D eigenvalue weighted by molar-refractivity contribution is 6.42. The van der Waals surface area contributed by atoms with E-state index < -0.39 is 5.97 Å². The van der Waals surface area contributed by atoms with E-state index in [1.165, 1.54) is 0 Å². The number of rotatable bonds is 5. The number of carbonyl (C=O) groups excluding carboxylic acids is 1. The Balaban J connectivity index is 1.79. The number of carbonyl (C=O) groups is 2. The van der Waals surface area contributed by atoms with Crippen molar-refractivity contribution in [3.8, 4) is 11.1 Å². The number of benzene rings is 3. The fourth-order valence-electron chi connectivity index (χ4n) is 3.26. The van der Waals surface area contributed by atoms with Crippen molar-refractivity contribution < 1.29 is 19.1 Å². The molecule has 29 heavy (non-hydrogen) atoms. The summed E-state index contributed by atoms with van der Waals surface area (Å²) >= 11 is 12.1. The molecular formula is C23H14Cl2O4. The van der Waals surface area contributed by atoms with Crippen LogP contribution in [0.1, 0.15) is 21.7 Å². The first-order chi connectivity index (χ1) is 13.9. The molecule has 4 rings (SSSR count). The second-order valence-corrected chi connectivity index (χ2v) is 7.33. The molecular weight excluding hydrogens is 411 g/mol. The van der Waals surface area contributed by atoms with Crippen molar-refractivity contribution >= 4 is 45.9 Å². The van der Waals surface area contributed by atoms with E-state index in [2.05, 4.69) is 0 Å². The molecule has 0 fully saturated rings. The van der Waals surface area contributed by atoms with Gasteiger partial charge in [0.05, 0.1) is 16.5 Å². The number of carboxylic acid groups (broad SMARTS) is 1. The van der Waals surface area contributed by atoms with Crippen LogP contribution in [-0.4, -0.2) is 16.9 Å². The first-order valence-electron chi connectivity index (χ1n) is 8.76. The SMILES string of the molecule is O=C(O)Cc1c(C(=O)c2cccc(-c3ccc(Cl)c(Cl)c3)c2)oc2ccccc12. The van der Waals surface area contributed by atoms with Gasteiger partial charge in [-0.2, -0.15) is 0 Å². The van der Waals surface area contributed by atoms with Crippen LogP contribution < -0.4 is 0 Å². The first kappa shape index (κ1) is 19.2. The summed E-state index contributed by atoms with van der Waals surface area (Å²) < 4.78 is 5.75. The highest BCUT2D eigenvalue weighted by Crippen LogP contribution is 2.31. The summed E-state index contributed by atoms with van der Waals surface area (Å²) in [5.41, 5.74) is 2.83. The minimum absolute atomic E-state index is 0.0416. The predicted octanol–water partition coefficient (Wildman–Crippen LogP) is 6.26. The molecule has 4 nitrogen and oxygen atoms in total. The predicted molar refractivity (Wildman–Crippen MR) is 113 cm³/mol. The van der Waals surface area contributed by atoms with Crippen molar-refractivity contribution in [3.63, 3.8) is 0 Å². The minimum atomic E-state index is -1.03. The van der Waals surface area contributed by atoms with Gasteiger partial charge in [0, 0.05) is 16.5 Å². The van der Waals surface area contributed by atoms with E-state index in [1.54, 1.807) is 54.6 Å². The van der Waals surface area contributed by atoms with Gasteiger partial charge in [0.15, 0.2) is 5.76 Å². The molecule has 0 aliphatic rings. The molecule has 0 saturated carbocycles. The Kier molecular flexibility index (Phi) is 5.14. The Morgan fingerprint density at radius 2 is 1.62 bits per heavy atom. The Hall–Kier alpha value is -3.08. The smallest absolute Gasteiger partial charge is 0.307 e. The van der Waals surface area contributed by atoms with E-state index in [9.17, 15) is 14.7 Å². The number of hydrogen-bond donors (Lipinski definition) is 1. The standard InChI is InChI=1S/C23H14Cl2O4/c24-18-9-8-14(11-19(18)25)13-4-3-5-15(10-13)22(28)23-17(12-21(26)27)16-6-1-2-7-20(16)29-23/h1-11H,12H2,(H,26,27). The van der Waals surface area contributed by atoms with Gasteiger partial charge in [0.2, 0.25) is 5.78 Å². The third-order valence-electron chi connectivity index (χ3n) is 4.61. The molecule has 1 heterocycles. The number of hydrogen-bond acceptors (Lipinski definition) is 3. The average molecular weight is 425 g/mol. The number of para-hydroxylation sites is 1. The lowest BCUT2D eigenvalue weighted by molar-refractivity contribution is -0.136. The average Bonchev–Trinajstić information content (AvgIpc) is 3.07. The number of aliphatic carboxylic acids is 1. The molecule has 0 amide bonds. The molecule has 0 unspecified atom stereocenters. The summed E-state index contributed by atoms with van der Waals surface area (Å²) in [7, 11) is 0. The quantitative estimate of drug-likeness (QED) is 0.383. The molecule has 4 aromatic rings. The Morgan fingerprint density at radius 3 is 2.38 bits per heavy atom. The molecule has 144 valence electrons. The Morgan fingerprint density at radius 1 is 0.862 bits per heavy atom. The molecule has 0 spiro atoms. The number of ketones is 1. The van der Waals surface area contributed by atoms with Gasteiger partial charge >= 0.3 is 5.97 Å². The van der Waals surface area contributed by atoms with E-state index in [-0.39, 0.29) is 18.0 Å². The highest BCUT2D eigenvalue weighted by atomic mass is 35.5. The monoisotopic (exact) mass is 424 g/mol. The Labute approximate surface area is 176 Å². The fourth-order valence-corrected chi connectivity index (χ4v) is 3.55. The van der Waals surface area contributed by atoms with E-state index >= 15 is 0 Å². The van der Waals surface area contributed by atoms with Gasteiger partial charge < -0.3 is 9.52 Å². The van der Waals surface area contributed by atoms with Crippen LogP contribution in [0.15, 0.2) is 71.1 Å². The number of halogens is 2. The molecule has 0 aliphatic heterocycles. The maximum atomic E-state index is 13.2. The van der Waals surface area contributed by atoms with E-state index in [0.717, 1.165) is 11.1 Å². The molecule has 0 radical (unpaired) electrons. The van der Waals surface area contributed by atoms with Crippen LogP contribution >= 0.6 is 23.2 Å². The lowest BCUT2D eigenvalue weighted by atomic mass is 9.98. The van der Waals surface area contributed by atoms with Crippen LogP contribution in [0.3, 0.4) is 0 Å².